The van der Waals surface area contributed by atoms with E-state index >= 15 is 0 Å². The minimum atomic E-state index is -1.10. The zero-order valence-electron chi connectivity index (χ0n) is 14.6. The zero-order chi connectivity index (χ0) is 18.7. The Morgan fingerprint density at radius 3 is 2.31 bits per heavy atom. The summed E-state index contributed by atoms with van der Waals surface area (Å²) in [5.41, 5.74) is 2.93. The monoisotopic (exact) mass is 349 g/mol. The van der Waals surface area contributed by atoms with Crippen LogP contribution in [0.25, 0.3) is 10.8 Å². The molecule has 5 heteroatoms. The Labute approximate surface area is 151 Å². The average molecular weight is 349 g/mol. The molecule has 0 unspecified atom stereocenters. The van der Waals surface area contributed by atoms with Gasteiger partial charge < -0.3 is 15.2 Å². The summed E-state index contributed by atoms with van der Waals surface area (Å²) in [4.78, 5) is 23.6. The molecule has 2 N–H and O–H groups in total. The van der Waals surface area contributed by atoms with Gasteiger partial charge in [0.25, 0.3) is 5.91 Å². The van der Waals surface area contributed by atoms with Gasteiger partial charge in [0.05, 0.1) is 0 Å². The van der Waals surface area contributed by atoms with E-state index in [1.807, 2.05) is 56.3 Å². The highest BCUT2D eigenvalue weighted by molar-refractivity contribution is 5.98. The molecule has 3 rings (SSSR count). The molecular formula is C21H19NO4. The van der Waals surface area contributed by atoms with Gasteiger partial charge in [0, 0.05) is 5.69 Å². The molecule has 0 atom stereocenters. The number of hydrogen-bond donors (Lipinski definition) is 2. The molecule has 0 aliphatic rings. The number of aryl methyl sites for hydroxylation is 2. The van der Waals surface area contributed by atoms with Gasteiger partial charge in [0.2, 0.25) is 0 Å². The van der Waals surface area contributed by atoms with E-state index in [1.165, 1.54) is 0 Å². The van der Waals surface area contributed by atoms with Gasteiger partial charge in [-0.2, -0.15) is 0 Å². The van der Waals surface area contributed by atoms with Crippen LogP contribution in [0, 0.1) is 13.8 Å². The van der Waals surface area contributed by atoms with Crippen LogP contribution in [0.2, 0.25) is 0 Å². The molecule has 26 heavy (non-hydrogen) atoms. The van der Waals surface area contributed by atoms with Crippen molar-refractivity contribution >= 4 is 28.3 Å². The quantitative estimate of drug-likeness (QED) is 0.725. The first-order valence-corrected chi connectivity index (χ1v) is 8.20. The SMILES string of the molecule is Cc1ccc(NC(=O)COc2cc3ccccc3cc2C(=O)O)cc1C. The van der Waals surface area contributed by atoms with E-state index < -0.39 is 5.97 Å². The number of hydrogen-bond acceptors (Lipinski definition) is 3. The number of aromatic carboxylic acids is 1. The Kier molecular flexibility index (Phi) is 4.89. The van der Waals surface area contributed by atoms with Crippen LogP contribution in [0.5, 0.6) is 5.75 Å². The molecular weight excluding hydrogens is 330 g/mol. The zero-order valence-corrected chi connectivity index (χ0v) is 14.6. The van der Waals surface area contributed by atoms with E-state index in [-0.39, 0.29) is 23.8 Å². The highest BCUT2D eigenvalue weighted by Gasteiger charge is 2.14. The number of anilines is 1. The molecule has 0 aliphatic carbocycles. The van der Waals surface area contributed by atoms with Crippen molar-refractivity contribution in [2.75, 3.05) is 11.9 Å². The van der Waals surface area contributed by atoms with Crippen molar-refractivity contribution in [1.29, 1.82) is 0 Å². The molecule has 0 aliphatic heterocycles. The van der Waals surface area contributed by atoms with Crippen molar-refractivity contribution in [3.05, 3.63) is 71.3 Å². The predicted octanol–water partition coefficient (Wildman–Crippen LogP) is 4.17. The maximum atomic E-state index is 12.1. The summed E-state index contributed by atoms with van der Waals surface area (Å²) < 4.78 is 5.50. The summed E-state index contributed by atoms with van der Waals surface area (Å²) in [7, 11) is 0. The van der Waals surface area contributed by atoms with E-state index in [0.29, 0.717) is 5.69 Å². The number of amides is 1. The van der Waals surface area contributed by atoms with Crippen molar-refractivity contribution in [3.63, 3.8) is 0 Å². The van der Waals surface area contributed by atoms with E-state index in [2.05, 4.69) is 5.32 Å². The lowest BCUT2D eigenvalue weighted by Crippen LogP contribution is -2.21. The number of rotatable bonds is 5. The lowest BCUT2D eigenvalue weighted by Gasteiger charge is -2.12. The molecule has 0 radical (unpaired) electrons. The standard InChI is InChI=1S/C21H19NO4/c1-13-7-8-17(9-14(13)2)22-20(23)12-26-19-11-16-6-4-3-5-15(16)10-18(19)21(24)25/h3-11H,12H2,1-2H3,(H,22,23)(H,24,25). The Morgan fingerprint density at radius 1 is 0.962 bits per heavy atom. The van der Waals surface area contributed by atoms with E-state index in [0.717, 1.165) is 21.9 Å². The normalized spacial score (nSPS) is 10.5. The third-order valence-corrected chi connectivity index (χ3v) is 4.23. The maximum Gasteiger partial charge on any atom is 0.339 e. The second kappa shape index (κ2) is 7.27. The second-order valence-corrected chi connectivity index (χ2v) is 6.14. The van der Waals surface area contributed by atoms with Gasteiger partial charge in [-0.15, -0.1) is 0 Å². The fraction of sp³-hybridized carbons (Fsp3) is 0.143. The molecule has 3 aromatic rings. The lowest BCUT2D eigenvalue weighted by molar-refractivity contribution is -0.118. The fourth-order valence-corrected chi connectivity index (χ4v) is 2.67. The van der Waals surface area contributed by atoms with Gasteiger partial charge in [-0.05, 0) is 60.0 Å². The molecule has 3 aromatic carbocycles. The Bertz CT molecular complexity index is 994. The Hall–Kier alpha value is -3.34. The molecule has 0 bridgehead atoms. The molecule has 132 valence electrons. The fourth-order valence-electron chi connectivity index (χ4n) is 2.67. The summed E-state index contributed by atoms with van der Waals surface area (Å²) in [5, 5.41) is 13.8. The van der Waals surface area contributed by atoms with Gasteiger partial charge in [-0.1, -0.05) is 30.3 Å². The van der Waals surface area contributed by atoms with E-state index in [9.17, 15) is 14.7 Å². The Morgan fingerprint density at radius 2 is 1.65 bits per heavy atom. The van der Waals surface area contributed by atoms with E-state index in [1.54, 1.807) is 12.1 Å². The largest absolute Gasteiger partial charge is 0.483 e. The van der Waals surface area contributed by atoms with Crippen LogP contribution in [0.3, 0.4) is 0 Å². The van der Waals surface area contributed by atoms with Gasteiger partial charge >= 0.3 is 5.97 Å². The highest BCUT2D eigenvalue weighted by Crippen LogP contribution is 2.26. The van der Waals surface area contributed by atoms with Crippen LogP contribution in [-0.4, -0.2) is 23.6 Å². The summed E-state index contributed by atoms with van der Waals surface area (Å²) in [6, 6.07) is 16.2. The third kappa shape index (κ3) is 3.83. The minimum absolute atomic E-state index is 0.0303. The maximum absolute atomic E-state index is 12.1. The Balaban J connectivity index is 1.75. The first-order valence-electron chi connectivity index (χ1n) is 8.20. The van der Waals surface area contributed by atoms with Crippen LogP contribution in [0.15, 0.2) is 54.6 Å². The van der Waals surface area contributed by atoms with Crippen molar-refractivity contribution in [1.82, 2.24) is 0 Å². The summed E-state index contributed by atoms with van der Waals surface area (Å²) >= 11 is 0. The van der Waals surface area contributed by atoms with Gasteiger partial charge in [0.1, 0.15) is 11.3 Å². The minimum Gasteiger partial charge on any atom is -0.483 e. The topological polar surface area (TPSA) is 75.6 Å². The van der Waals surface area contributed by atoms with Crippen LogP contribution in [0.4, 0.5) is 5.69 Å². The predicted molar refractivity (Wildman–Crippen MR) is 101 cm³/mol. The highest BCUT2D eigenvalue weighted by atomic mass is 16.5. The first kappa shape index (κ1) is 17.5. The number of nitrogens with one attached hydrogen (secondary N) is 1. The van der Waals surface area contributed by atoms with Crippen LogP contribution in [0.1, 0.15) is 21.5 Å². The molecule has 0 spiro atoms. The molecule has 1 amide bonds. The second-order valence-electron chi connectivity index (χ2n) is 6.14. The lowest BCUT2D eigenvalue weighted by atomic mass is 10.1. The van der Waals surface area contributed by atoms with Crippen LogP contribution in [-0.2, 0) is 4.79 Å². The number of benzene rings is 3. The van der Waals surface area contributed by atoms with Crippen molar-refractivity contribution in [2.24, 2.45) is 0 Å². The van der Waals surface area contributed by atoms with Crippen molar-refractivity contribution < 1.29 is 19.4 Å². The van der Waals surface area contributed by atoms with Gasteiger partial charge in [0.15, 0.2) is 6.61 Å². The number of ether oxygens (including phenoxy) is 1. The average Bonchev–Trinajstić information content (AvgIpc) is 2.62. The van der Waals surface area contributed by atoms with Gasteiger partial charge in [-0.3, -0.25) is 4.79 Å². The third-order valence-electron chi connectivity index (χ3n) is 4.23. The van der Waals surface area contributed by atoms with Gasteiger partial charge in [-0.25, -0.2) is 4.79 Å². The molecule has 0 saturated carbocycles. The summed E-state index contributed by atoms with van der Waals surface area (Å²) in [6.45, 7) is 3.69. The van der Waals surface area contributed by atoms with Crippen molar-refractivity contribution in [3.8, 4) is 5.75 Å². The summed E-state index contributed by atoms with van der Waals surface area (Å²) in [6.07, 6.45) is 0. The number of carbonyl (C=O) groups is 2. The van der Waals surface area contributed by atoms with Crippen LogP contribution >= 0.6 is 0 Å². The van der Waals surface area contributed by atoms with Crippen molar-refractivity contribution in [2.45, 2.75) is 13.8 Å². The molecule has 0 fully saturated rings. The summed E-state index contributed by atoms with van der Waals surface area (Å²) in [5.74, 6) is -1.27. The smallest absolute Gasteiger partial charge is 0.339 e. The van der Waals surface area contributed by atoms with E-state index in [4.69, 9.17) is 4.74 Å². The molecule has 0 heterocycles. The number of fused-ring (bicyclic) bond motifs is 1. The number of carbonyl (C=O) groups excluding carboxylic acids is 1. The number of carboxylic acid groups (broad SMARTS) is 1. The molecule has 0 aromatic heterocycles. The molecule has 0 saturated heterocycles. The number of carboxylic acids is 1. The first-order chi connectivity index (χ1) is 12.4. The van der Waals surface area contributed by atoms with Crippen LogP contribution < -0.4 is 10.1 Å². The molecule has 5 nitrogen and oxygen atoms in total.